The van der Waals surface area contributed by atoms with Crippen LogP contribution in [-0.4, -0.2) is 47.7 Å². The fraction of sp³-hybridized carbons (Fsp3) is 0.857. The number of rotatable bonds is 3. The van der Waals surface area contributed by atoms with Crippen molar-refractivity contribution < 1.29 is 19.4 Å². The highest BCUT2D eigenvalue weighted by atomic mass is 16.5. The third-order valence-corrected chi connectivity index (χ3v) is 4.35. The largest absolute Gasteiger partial charge is 0.481 e. The molecule has 0 radical (unpaired) electrons. The zero-order valence-electron chi connectivity index (χ0n) is 11.8. The first kappa shape index (κ1) is 14.3. The molecule has 2 aliphatic heterocycles. The van der Waals surface area contributed by atoms with Gasteiger partial charge in [-0.2, -0.15) is 0 Å². The lowest BCUT2D eigenvalue weighted by atomic mass is 9.92. The normalized spacial score (nSPS) is 35.1. The molecule has 2 fully saturated rings. The maximum Gasteiger partial charge on any atom is 0.308 e. The Bertz CT molecular complexity index is 368. The van der Waals surface area contributed by atoms with Crippen LogP contribution in [-0.2, 0) is 14.3 Å². The standard InChI is InChI=1S/C14H23NO4/c1-8(2)12-10(4-5-19-12)13(16)15-6-9(3)11(7-15)14(17)18/h8-12H,4-7H2,1-3H3,(H,17,18)/t9-,10?,11-,12?/m1/s1. The highest BCUT2D eigenvalue weighted by Crippen LogP contribution is 2.31. The Kier molecular flexibility index (Phi) is 4.13. The summed E-state index contributed by atoms with van der Waals surface area (Å²) in [4.78, 5) is 25.4. The van der Waals surface area contributed by atoms with E-state index in [0.717, 1.165) is 6.42 Å². The summed E-state index contributed by atoms with van der Waals surface area (Å²) in [6.45, 7) is 7.54. The van der Waals surface area contributed by atoms with E-state index in [9.17, 15) is 9.59 Å². The lowest BCUT2D eigenvalue weighted by molar-refractivity contribution is -0.142. The van der Waals surface area contributed by atoms with Gasteiger partial charge in [0.1, 0.15) is 0 Å². The van der Waals surface area contributed by atoms with Gasteiger partial charge in [0.2, 0.25) is 5.91 Å². The molecule has 0 aromatic heterocycles. The minimum atomic E-state index is -0.800. The van der Waals surface area contributed by atoms with Crippen molar-refractivity contribution >= 4 is 11.9 Å². The zero-order valence-corrected chi connectivity index (χ0v) is 11.8. The third kappa shape index (κ3) is 2.76. The quantitative estimate of drug-likeness (QED) is 0.836. The van der Waals surface area contributed by atoms with Gasteiger partial charge in [-0.25, -0.2) is 0 Å². The first-order chi connectivity index (χ1) is 8.91. The van der Waals surface area contributed by atoms with E-state index in [2.05, 4.69) is 13.8 Å². The monoisotopic (exact) mass is 269 g/mol. The van der Waals surface area contributed by atoms with Crippen LogP contribution in [0.25, 0.3) is 0 Å². The molecule has 19 heavy (non-hydrogen) atoms. The molecule has 0 spiro atoms. The molecular weight excluding hydrogens is 246 g/mol. The molecule has 2 heterocycles. The van der Waals surface area contributed by atoms with Gasteiger partial charge in [0.25, 0.3) is 0 Å². The van der Waals surface area contributed by atoms with E-state index in [1.807, 2.05) is 6.92 Å². The average Bonchev–Trinajstić information content (AvgIpc) is 2.93. The summed E-state index contributed by atoms with van der Waals surface area (Å²) in [5.74, 6) is -0.908. The predicted molar refractivity (Wildman–Crippen MR) is 69.6 cm³/mol. The third-order valence-electron chi connectivity index (χ3n) is 4.35. The second kappa shape index (κ2) is 5.49. The van der Waals surface area contributed by atoms with Crippen molar-refractivity contribution in [2.45, 2.75) is 33.3 Å². The van der Waals surface area contributed by atoms with Crippen molar-refractivity contribution in [3.05, 3.63) is 0 Å². The Morgan fingerprint density at radius 2 is 1.95 bits per heavy atom. The number of carbonyl (C=O) groups is 2. The maximum absolute atomic E-state index is 12.5. The number of hydrogen-bond donors (Lipinski definition) is 1. The molecule has 0 saturated carbocycles. The van der Waals surface area contributed by atoms with Gasteiger partial charge in [-0.05, 0) is 18.3 Å². The second-order valence-electron chi connectivity index (χ2n) is 6.14. The Morgan fingerprint density at radius 3 is 2.47 bits per heavy atom. The van der Waals surface area contributed by atoms with Crippen LogP contribution in [0.5, 0.6) is 0 Å². The Hall–Kier alpha value is -1.10. The van der Waals surface area contributed by atoms with Gasteiger partial charge in [0.15, 0.2) is 0 Å². The van der Waals surface area contributed by atoms with E-state index in [-0.39, 0.29) is 23.8 Å². The SMILES string of the molecule is CC(C)C1OCCC1C(=O)N1C[C@@H](C)[C@H](C(=O)O)C1. The van der Waals surface area contributed by atoms with Crippen molar-refractivity contribution in [1.82, 2.24) is 4.90 Å². The van der Waals surface area contributed by atoms with E-state index < -0.39 is 11.9 Å². The molecule has 2 unspecified atom stereocenters. The van der Waals surface area contributed by atoms with Gasteiger partial charge in [0.05, 0.1) is 17.9 Å². The van der Waals surface area contributed by atoms with Gasteiger partial charge in [-0.15, -0.1) is 0 Å². The molecule has 2 aliphatic rings. The first-order valence-corrected chi connectivity index (χ1v) is 7.05. The summed E-state index contributed by atoms with van der Waals surface area (Å²) in [5, 5.41) is 9.13. The molecule has 0 bridgehead atoms. The summed E-state index contributed by atoms with van der Waals surface area (Å²) in [6, 6.07) is 0. The van der Waals surface area contributed by atoms with Gasteiger partial charge >= 0.3 is 5.97 Å². The minimum absolute atomic E-state index is 0.0216. The van der Waals surface area contributed by atoms with Crippen molar-refractivity contribution in [2.75, 3.05) is 19.7 Å². The number of aliphatic carboxylic acids is 1. The topological polar surface area (TPSA) is 66.8 Å². The van der Waals surface area contributed by atoms with Crippen LogP contribution in [0.2, 0.25) is 0 Å². The summed E-state index contributed by atoms with van der Waals surface area (Å²) >= 11 is 0. The molecule has 5 heteroatoms. The number of carbonyl (C=O) groups excluding carboxylic acids is 1. The number of likely N-dealkylation sites (tertiary alicyclic amines) is 1. The van der Waals surface area contributed by atoms with Crippen LogP contribution < -0.4 is 0 Å². The fourth-order valence-electron chi connectivity index (χ4n) is 3.24. The molecule has 0 aromatic carbocycles. The molecule has 0 aliphatic carbocycles. The maximum atomic E-state index is 12.5. The van der Waals surface area contributed by atoms with Crippen LogP contribution in [0.15, 0.2) is 0 Å². The molecule has 2 saturated heterocycles. The summed E-state index contributed by atoms with van der Waals surface area (Å²) < 4.78 is 5.65. The number of ether oxygens (including phenoxy) is 1. The molecule has 108 valence electrons. The number of nitrogens with zero attached hydrogens (tertiary/aromatic N) is 1. The van der Waals surface area contributed by atoms with Gasteiger partial charge in [-0.3, -0.25) is 9.59 Å². The zero-order chi connectivity index (χ0) is 14.2. The highest BCUT2D eigenvalue weighted by Gasteiger charge is 2.43. The molecule has 4 atom stereocenters. The van der Waals surface area contributed by atoms with Crippen molar-refractivity contribution in [2.24, 2.45) is 23.7 Å². The van der Waals surface area contributed by atoms with Crippen LogP contribution in [0.3, 0.4) is 0 Å². The van der Waals surface area contributed by atoms with Crippen LogP contribution in [0, 0.1) is 23.7 Å². The first-order valence-electron chi connectivity index (χ1n) is 7.05. The molecule has 1 N–H and O–H groups in total. The molecule has 5 nitrogen and oxygen atoms in total. The highest BCUT2D eigenvalue weighted by molar-refractivity contribution is 5.81. The van der Waals surface area contributed by atoms with Gasteiger partial charge in [-0.1, -0.05) is 20.8 Å². The van der Waals surface area contributed by atoms with Crippen molar-refractivity contribution in [3.8, 4) is 0 Å². The van der Waals surface area contributed by atoms with Gasteiger partial charge < -0.3 is 14.7 Å². The van der Waals surface area contributed by atoms with Crippen LogP contribution in [0.1, 0.15) is 27.2 Å². The van der Waals surface area contributed by atoms with Gasteiger partial charge in [0, 0.05) is 19.7 Å². The molecule has 2 rings (SSSR count). The van der Waals surface area contributed by atoms with E-state index in [0.29, 0.717) is 25.6 Å². The van der Waals surface area contributed by atoms with Crippen molar-refractivity contribution in [1.29, 1.82) is 0 Å². The fourth-order valence-corrected chi connectivity index (χ4v) is 3.24. The average molecular weight is 269 g/mol. The summed E-state index contributed by atoms with van der Waals surface area (Å²) in [6.07, 6.45) is 0.733. The predicted octanol–water partition coefficient (Wildman–Crippen LogP) is 1.23. The van der Waals surface area contributed by atoms with E-state index >= 15 is 0 Å². The molecule has 0 aromatic rings. The number of carboxylic acid groups (broad SMARTS) is 1. The van der Waals surface area contributed by atoms with E-state index in [4.69, 9.17) is 9.84 Å². The van der Waals surface area contributed by atoms with Crippen LogP contribution in [0.4, 0.5) is 0 Å². The minimum Gasteiger partial charge on any atom is -0.481 e. The number of amides is 1. The summed E-state index contributed by atoms with van der Waals surface area (Å²) in [5.41, 5.74) is 0. The number of carboxylic acids is 1. The van der Waals surface area contributed by atoms with Crippen molar-refractivity contribution in [3.63, 3.8) is 0 Å². The van der Waals surface area contributed by atoms with E-state index in [1.54, 1.807) is 4.90 Å². The Labute approximate surface area is 113 Å². The lowest BCUT2D eigenvalue weighted by Crippen LogP contribution is -2.40. The number of hydrogen-bond acceptors (Lipinski definition) is 3. The molecule has 1 amide bonds. The Morgan fingerprint density at radius 1 is 1.26 bits per heavy atom. The Balaban J connectivity index is 2.03. The smallest absolute Gasteiger partial charge is 0.308 e. The van der Waals surface area contributed by atoms with Crippen LogP contribution >= 0.6 is 0 Å². The van der Waals surface area contributed by atoms with E-state index in [1.165, 1.54) is 0 Å². The summed E-state index contributed by atoms with van der Waals surface area (Å²) in [7, 11) is 0. The lowest BCUT2D eigenvalue weighted by Gasteiger charge is -2.26. The second-order valence-corrected chi connectivity index (χ2v) is 6.14. The molecular formula is C14H23NO4.